The molecule has 0 bridgehead atoms. The molecule has 2 aromatic rings. The van der Waals surface area contributed by atoms with Crippen molar-refractivity contribution in [3.8, 4) is 0 Å². The van der Waals surface area contributed by atoms with Crippen molar-refractivity contribution in [2.24, 2.45) is 0 Å². The molecule has 0 radical (unpaired) electrons. The molecular formula is C18H23BO2. The molecule has 1 saturated heterocycles. The molecule has 3 heteroatoms. The van der Waals surface area contributed by atoms with Crippen molar-refractivity contribution in [2.75, 3.05) is 0 Å². The van der Waals surface area contributed by atoms with Gasteiger partial charge in [-0.15, -0.1) is 0 Å². The maximum absolute atomic E-state index is 6.21. The number of hydrogen-bond acceptors (Lipinski definition) is 2. The molecular weight excluding hydrogens is 259 g/mol. The Labute approximate surface area is 127 Å². The maximum Gasteiger partial charge on any atom is 0.465 e. The molecule has 110 valence electrons. The minimum absolute atomic E-state index is 0.192. The summed E-state index contributed by atoms with van der Waals surface area (Å²) in [5.74, 6) is 0.192. The molecule has 0 aliphatic carbocycles. The highest BCUT2D eigenvalue weighted by Gasteiger charge is 2.53. The summed E-state index contributed by atoms with van der Waals surface area (Å²) in [6.45, 7) is 10.6. The summed E-state index contributed by atoms with van der Waals surface area (Å²) in [6, 6.07) is 14.9. The average molecular weight is 282 g/mol. The lowest BCUT2D eigenvalue weighted by atomic mass is 9.68. The predicted octanol–water partition coefficient (Wildman–Crippen LogP) is 4.57. The van der Waals surface area contributed by atoms with Crippen LogP contribution in [0.15, 0.2) is 42.5 Å². The molecule has 0 spiro atoms. The van der Waals surface area contributed by atoms with Gasteiger partial charge in [-0.1, -0.05) is 49.4 Å². The predicted molar refractivity (Wildman–Crippen MR) is 88.4 cm³/mol. The van der Waals surface area contributed by atoms with Crippen LogP contribution in [0.1, 0.15) is 46.0 Å². The molecule has 1 heterocycles. The summed E-state index contributed by atoms with van der Waals surface area (Å²) < 4.78 is 12.4. The first-order valence-corrected chi connectivity index (χ1v) is 7.65. The van der Waals surface area contributed by atoms with Crippen molar-refractivity contribution in [2.45, 2.75) is 51.6 Å². The zero-order valence-corrected chi connectivity index (χ0v) is 13.5. The first-order chi connectivity index (χ1) is 9.82. The fourth-order valence-corrected chi connectivity index (χ4v) is 2.89. The van der Waals surface area contributed by atoms with Crippen LogP contribution in [0.5, 0.6) is 0 Å². The molecule has 1 aliphatic rings. The topological polar surface area (TPSA) is 18.5 Å². The largest absolute Gasteiger partial charge is 0.465 e. The van der Waals surface area contributed by atoms with Crippen LogP contribution in [0.4, 0.5) is 0 Å². The van der Waals surface area contributed by atoms with Gasteiger partial charge in [-0.25, -0.2) is 0 Å². The highest BCUT2D eigenvalue weighted by molar-refractivity contribution is 6.47. The van der Waals surface area contributed by atoms with Gasteiger partial charge in [0, 0.05) is 5.82 Å². The number of benzene rings is 2. The van der Waals surface area contributed by atoms with E-state index in [4.69, 9.17) is 9.31 Å². The van der Waals surface area contributed by atoms with Gasteiger partial charge in [0.1, 0.15) is 0 Å². The maximum atomic E-state index is 6.21. The van der Waals surface area contributed by atoms with Crippen molar-refractivity contribution >= 4 is 17.9 Å². The van der Waals surface area contributed by atoms with E-state index in [0.717, 1.165) is 0 Å². The Morgan fingerprint density at radius 3 is 2.10 bits per heavy atom. The van der Waals surface area contributed by atoms with Crippen molar-refractivity contribution in [1.29, 1.82) is 0 Å². The van der Waals surface area contributed by atoms with E-state index in [0.29, 0.717) is 0 Å². The Hall–Kier alpha value is -1.32. The van der Waals surface area contributed by atoms with Gasteiger partial charge in [-0.05, 0) is 44.0 Å². The van der Waals surface area contributed by atoms with E-state index in [1.807, 2.05) is 0 Å². The summed E-state index contributed by atoms with van der Waals surface area (Å²) >= 11 is 0. The molecule has 1 atom stereocenters. The van der Waals surface area contributed by atoms with E-state index in [1.54, 1.807) is 0 Å². The van der Waals surface area contributed by atoms with Crippen LogP contribution in [0, 0.1) is 0 Å². The summed E-state index contributed by atoms with van der Waals surface area (Å²) in [6.07, 6.45) is 0. The Kier molecular flexibility index (Phi) is 3.38. The number of hydrogen-bond donors (Lipinski definition) is 0. The van der Waals surface area contributed by atoms with Gasteiger partial charge < -0.3 is 9.31 Å². The molecule has 1 fully saturated rings. The SMILES string of the molecule is C[C@H](B1OC(C)(C)C(C)(C)O1)c1cccc2ccccc12. The Morgan fingerprint density at radius 1 is 0.857 bits per heavy atom. The van der Waals surface area contributed by atoms with E-state index in [2.05, 4.69) is 77.1 Å². The summed E-state index contributed by atoms with van der Waals surface area (Å²) in [5.41, 5.74) is 0.721. The van der Waals surface area contributed by atoms with Crippen LogP contribution < -0.4 is 0 Å². The highest BCUT2D eigenvalue weighted by Crippen LogP contribution is 2.41. The molecule has 2 nitrogen and oxygen atoms in total. The lowest BCUT2D eigenvalue weighted by Gasteiger charge is -2.32. The second-order valence-corrected chi connectivity index (χ2v) is 6.98. The molecule has 2 aromatic carbocycles. The molecule has 0 saturated carbocycles. The summed E-state index contributed by atoms with van der Waals surface area (Å²) in [5, 5.41) is 2.54. The fourth-order valence-electron chi connectivity index (χ4n) is 2.89. The zero-order chi connectivity index (χ0) is 15.3. The van der Waals surface area contributed by atoms with E-state index < -0.39 is 0 Å². The van der Waals surface area contributed by atoms with Crippen LogP contribution >= 0.6 is 0 Å². The molecule has 0 aromatic heterocycles. The van der Waals surface area contributed by atoms with E-state index in [1.165, 1.54) is 16.3 Å². The smallest absolute Gasteiger partial charge is 0.403 e. The normalized spacial score (nSPS) is 21.7. The Morgan fingerprint density at radius 2 is 1.43 bits per heavy atom. The van der Waals surface area contributed by atoms with E-state index in [9.17, 15) is 0 Å². The number of rotatable bonds is 2. The average Bonchev–Trinajstić information content (AvgIpc) is 2.66. The lowest BCUT2D eigenvalue weighted by molar-refractivity contribution is 0.00578. The second kappa shape index (κ2) is 4.86. The standard InChI is InChI=1S/C18H23BO2/c1-13(19-20-17(2,3)18(4,5)21-19)15-12-8-10-14-9-6-7-11-16(14)15/h6-13H,1-5H3/t13-/m0/s1. The zero-order valence-electron chi connectivity index (χ0n) is 13.5. The summed E-state index contributed by atoms with van der Waals surface area (Å²) in [7, 11) is -0.208. The van der Waals surface area contributed by atoms with Gasteiger partial charge in [0.05, 0.1) is 11.2 Å². The third kappa shape index (κ3) is 2.39. The minimum Gasteiger partial charge on any atom is -0.403 e. The van der Waals surface area contributed by atoms with Crippen LogP contribution in [0.3, 0.4) is 0 Å². The molecule has 3 rings (SSSR count). The highest BCUT2D eigenvalue weighted by atomic mass is 16.7. The van der Waals surface area contributed by atoms with Crippen LogP contribution in [-0.4, -0.2) is 18.3 Å². The molecule has 21 heavy (non-hydrogen) atoms. The minimum atomic E-state index is -0.281. The van der Waals surface area contributed by atoms with Crippen molar-refractivity contribution in [1.82, 2.24) is 0 Å². The van der Waals surface area contributed by atoms with Gasteiger partial charge in [0.25, 0.3) is 0 Å². The van der Waals surface area contributed by atoms with Crippen LogP contribution in [0.25, 0.3) is 10.8 Å². The van der Waals surface area contributed by atoms with E-state index in [-0.39, 0.29) is 24.1 Å². The third-order valence-corrected chi connectivity index (χ3v) is 4.99. The van der Waals surface area contributed by atoms with Crippen molar-refractivity contribution in [3.05, 3.63) is 48.0 Å². The van der Waals surface area contributed by atoms with Crippen molar-refractivity contribution < 1.29 is 9.31 Å². The van der Waals surface area contributed by atoms with Crippen LogP contribution in [0.2, 0.25) is 0 Å². The monoisotopic (exact) mass is 282 g/mol. The van der Waals surface area contributed by atoms with Gasteiger partial charge in [-0.3, -0.25) is 0 Å². The van der Waals surface area contributed by atoms with Gasteiger partial charge in [-0.2, -0.15) is 0 Å². The molecule has 0 amide bonds. The third-order valence-electron chi connectivity index (χ3n) is 4.99. The lowest BCUT2D eigenvalue weighted by Crippen LogP contribution is -2.41. The molecule has 1 aliphatic heterocycles. The second-order valence-electron chi connectivity index (χ2n) is 6.98. The Balaban J connectivity index is 1.97. The Bertz CT molecular complexity index is 642. The van der Waals surface area contributed by atoms with Crippen molar-refractivity contribution in [3.63, 3.8) is 0 Å². The first-order valence-electron chi connectivity index (χ1n) is 7.65. The fraction of sp³-hybridized carbons (Fsp3) is 0.444. The summed E-state index contributed by atoms with van der Waals surface area (Å²) in [4.78, 5) is 0. The quantitative estimate of drug-likeness (QED) is 0.751. The van der Waals surface area contributed by atoms with Crippen LogP contribution in [-0.2, 0) is 9.31 Å². The number of fused-ring (bicyclic) bond motifs is 1. The molecule has 0 N–H and O–H groups in total. The molecule has 0 unspecified atom stereocenters. The first kappa shape index (κ1) is 14.6. The van der Waals surface area contributed by atoms with Gasteiger partial charge in [0.15, 0.2) is 0 Å². The van der Waals surface area contributed by atoms with Gasteiger partial charge >= 0.3 is 7.12 Å². The van der Waals surface area contributed by atoms with Gasteiger partial charge in [0.2, 0.25) is 0 Å². The van der Waals surface area contributed by atoms with E-state index >= 15 is 0 Å².